The number of unbranched alkanes of at least 4 members (excludes halogenated alkanes) is 1. The second-order valence-corrected chi connectivity index (χ2v) is 2.72. The van der Waals surface area contributed by atoms with E-state index in [2.05, 4.69) is 4.74 Å². The Bertz CT molecular complexity index is 287. The highest BCUT2D eigenvalue weighted by Crippen LogP contribution is 1.98. The molecule has 0 saturated heterocycles. The predicted molar refractivity (Wildman–Crippen MR) is 68.1 cm³/mol. The number of rotatable bonds is 5. The Morgan fingerprint density at radius 2 is 1.45 bits per heavy atom. The van der Waals surface area contributed by atoms with Gasteiger partial charge in [-0.25, -0.2) is 30.6 Å². The fraction of sp³-hybridized carbons (Fsp3) is 0.600. The van der Waals surface area contributed by atoms with E-state index < -0.39 is 6.04 Å². The number of methoxy groups -OCH3 is 1. The molecule has 10 heteroatoms. The summed E-state index contributed by atoms with van der Waals surface area (Å²) in [7, 11) is 1.34. The van der Waals surface area contributed by atoms with Crippen LogP contribution in [-0.2, 0) is 23.9 Å². The van der Waals surface area contributed by atoms with Gasteiger partial charge in [0.05, 0.1) is 7.11 Å². The molecule has 0 aromatic rings. The van der Waals surface area contributed by atoms with Gasteiger partial charge in [0.2, 0.25) is 18.2 Å². The molecular weight excluding hydrogens is 270 g/mol. The van der Waals surface area contributed by atoms with Crippen molar-refractivity contribution in [3.8, 4) is 0 Å². The van der Waals surface area contributed by atoms with E-state index in [4.69, 9.17) is 42.1 Å². The lowest BCUT2D eigenvalue weighted by Crippen LogP contribution is -2.31. The van der Waals surface area contributed by atoms with Gasteiger partial charge in [-0.05, 0) is 19.4 Å². The Morgan fingerprint density at radius 1 is 1.10 bits per heavy atom. The summed E-state index contributed by atoms with van der Waals surface area (Å²) in [5.74, 6) is -0.345. The molecule has 0 amide bonds. The highest BCUT2D eigenvalue weighted by atomic mass is 16.5. The molecule has 114 valence electrons. The topological polar surface area (TPSA) is 201 Å². The molecule has 0 heterocycles. The third kappa shape index (κ3) is 45.1. The smallest absolute Gasteiger partial charge is 0.322 e. The third-order valence-electron chi connectivity index (χ3n) is 1.47. The van der Waals surface area contributed by atoms with Crippen molar-refractivity contribution in [2.24, 2.45) is 11.5 Å². The number of hydrogen-bond donors (Lipinski definition) is 5. The number of nitrogens with one attached hydrogen (secondary N) is 3. The average molecular weight is 289 g/mol. The molecule has 0 aliphatic carbocycles. The minimum atomic E-state index is -0.480. The molecule has 1 atom stereocenters. The lowest BCUT2D eigenvalue weighted by molar-refractivity contribution is -0.142. The summed E-state index contributed by atoms with van der Waals surface area (Å²) in [4.78, 5) is 35.8. The van der Waals surface area contributed by atoms with Crippen molar-refractivity contribution in [2.45, 2.75) is 25.3 Å². The van der Waals surface area contributed by atoms with Gasteiger partial charge in [-0.3, -0.25) is 4.79 Å². The van der Waals surface area contributed by atoms with Crippen molar-refractivity contribution in [3.05, 3.63) is 0 Å². The summed E-state index contributed by atoms with van der Waals surface area (Å²) in [5.41, 5.74) is 10.7. The van der Waals surface area contributed by atoms with Gasteiger partial charge in [0, 0.05) is 0 Å². The van der Waals surface area contributed by atoms with E-state index >= 15 is 0 Å². The maximum atomic E-state index is 10.7. The summed E-state index contributed by atoms with van der Waals surface area (Å²) in [6.45, 7) is 0.647. The molecule has 7 N–H and O–H groups in total. The second kappa shape index (κ2) is 30.0. The molecule has 10 nitrogen and oxygen atoms in total. The summed E-state index contributed by atoms with van der Waals surface area (Å²) in [5, 5.41) is 16.2. The number of carbonyl (C=O) groups is 1. The molecule has 0 aromatic carbocycles. The molecule has 20 heavy (non-hydrogen) atoms. The van der Waals surface area contributed by atoms with Gasteiger partial charge in [-0.15, -0.1) is 0 Å². The maximum absolute atomic E-state index is 10.7. The van der Waals surface area contributed by atoms with Gasteiger partial charge in [-0.1, -0.05) is 6.42 Å². The van der Waals surface area contributed by atoms with Crippen molar-refractivity contribution in [2.75, 3.05) is 13.7 Å². The van der Waals surface area contributed by atoms with Gasteiger partial charge >= 0.3 is 5.97 Å². The van der Waals surface area contributed by atoms with E-state index in [1.54, 1.807) is 0 Å². The first-order chi connectivity index (χ1) is 9.46. The first kappa shape index (κ1) is 26.2. The zero-order chi connectivity index (χ0) is 16.8. The lowest BCUT2D eigenvalue weighted by atomic mass is 10.1. The van der Waals surface area contributed by atoms with E-state index in [-0.39, 0.29) is 5.97 Å². The van der Waals surface area contributed by atoms with Crippen LogP contribution in [0.15, 0.2) is 0 Å². The summed E-state index contributed by atoms with van der Waals surface area (Å²) < 4.78 is 4.45. The summed E-state index contributed by atoms with van der Waals surface area (Å²) >= 11 is 0. The number of ether oxygens (including phenoxy) is 1. The predicted octanol–water partition coefficient (Wildman–Crippen LogP) is -0.681. The van der Waals surface area contributed by atoms with Gasteiger partial charge in [0.15, 0.2) is 0 Å². The van der Waals surface area contributed by atoms with E-state index in [0.717, 1.165) is 31.1 Å². The summed E-state index contributed by atoms with van der Waals surface area (Å²) in [6.07, 6.45) is 4.70. The number of hydrogen-bond acceptors (Lipinski definition) is 10. The van der Waals surface area contributed by atoms with E-state index in [0.29, 0.717) is 13.0 Å². The Balaban J connectivity index is -0.000000117. The normalized spacial score (nSPS) is 8.15. The SMILES string of the molecule is COC(=O)[C@@H](N)CCCCN.N=C=O.N=C=O.N=C=O. The lowest BCUT2D eigenvalue weighted by Gasteiger charge is -2.07. The van der Waals surface area contributed by atoms with Crippen LogP contribution >= 0.6 is 0 Å². The standard InChI is InChI=1S/C7H16N2O2.3CHNO/c1-11-7(10)6(9)4-2-3-5-8;3*2-1-3/h6H,2-5,8-9H2,1H3;3*2H/t6-;;;/m0.../s1. The zero-order valence-corrected chi connectivity index (χ0v) is 11.1. The zero-order valence-electron chi connectivity index (χ0n) is 11.1. The Hall–Kier alpha value is -2.47. The van der Waals surface area contributed by atoms with Crippen molar-refractivity contribution >= 4 is 24.2 Å². The largest absolute Gasteiger partial charge is 0.468 e. The van der Waals surface area contributed by atoms with E-state index in [1.807, 2.05) is 0 Å². The molecule has 0 bridgehead atoms. The van der Waals surface area contributed by atoms with Gasteiger partial charge in [0.1, 0.15) is 6.04 Å². The first-order valence-electron chi connectivity index (χ1n) is 5.12. The number of esters is 1. The van der Waals surface area contributed by atoms with Crippen molar-refractivity contribution in [1.29, 1.82) is 16.2 Å². The highest BCUT2D eigenvalue weighted by molar-refractivity contribution is 5.75. The highest BCUT2D eigenvalue weighted by Gasteiger charge is 2.11. The molecule has 0 fully saturated rings. The molecular formula is C10H19N5O5. The van der Waals surface area contributed by atoms with Crippen LogP contribution in [0.2, 0.25) is 0 Å². The van der Waals surface area contributed by atoms with Crippen LogP contribution in [0.25, 0.3) is 0 Å². The second-order valence-electron chi connectivity index (χ2n) is 2.72. The Morgan fingerprint density at radius 3 is 1.70 bits per heavy atom. The fourth-order valence-corrected chi connectivity index (χ4v) is 0.778. The monoisotopic (exact) mass is 289 g/mol. The number of carbonyl (C=O) groups excluding carboxylic acids is 4. The van der Waals surface area contributed by atoms with Crippen molar-refractivity contribution in [1.82, 2.24) is 0 Å². The quantitative estimate of drug-likeness (QED) is 0.191. The minimum absolute atomic E-state index is 0.345. The summed E-state index contributed by atoms with van der Waals surface area (Å²) in [6, 6.07) is -0.480. The van der Waals surface area contributed by atoms with Crippen LogP contribution < -0.4 is 11.5 Å². The van der Waals surface area contributed by atoms with E-state index in [1.165, 1.54) is 7.11 Å². The van der Waals surface area contributed by atoms with Gasteiger partial charge < -0.3 is 16.2 Å². The van der Waals surface area contributed by atoms with Crippen molar-refractivity contribution in [3.63, 3.8) is 0 Å². The van der Waals surface area contributed by atoms with E-state index in [9.17, 15) is 4.79 Å². The Labute approximate surface area is 116 Å². The molecule has 0 saturated carbocycles. The maximum Gasteiger partial charge on any atom is 0.322 e. The molecule has 0 spiro atoms. The average Bonchev–Trinajstić information content (AvgIpc) is 2.40. The van der Waals surface area contributed by atoms with Gasteiger partial charge in [0.25, 0.3) is 0 Å². The molecule has 0 aliphatic heterocycles. The Kier molecular flexibility index (Phi) is 39.2. The van der Waals surface area contributed by atoms with Gasteiger partial charge in [-0.2, -0.15) is 0 Å². The molecule has 0 unspecified atom stereocenters. The van der Waals surface area contributed by atoms with Crippen LogP contribution in [0.4, 0.5) is 0 Å². The molecule has 0 aromatic heterocycles. The molecule has 0 rings (SSSR count). The van der Waals surface area contributed by atoms with Crippen LogP contribution in [0, 0.1) is 16.2 Å². The minimum Gasteiger partial charge on any atom is -0.468 e. The van der Waals surface area contributed by atoms with Crippen LogP contribution in [-0.4, -0.2) is 43.9 Å². The molecule has 0 aliphatic rings. The van der Waals surface area contributed by atoms with Crippen LogP contribution in [0.1, 0.15) is 19.3 Å². The fourth-order valence-electron chi connectivity index (χ4n) is 0.778. The molecule has 0 radical (unpaired) electrons. The van der Waals surface area contributed by atoms with Crippen LogP contribution in [0.5, 0.6) is 0 Å². The third-order valence-corrected chi connectivity index (χ3v) is 1.47. The van der Waals surface area contributed by atoms with Crippen molar-refractivity contribution < 1.29 is 23.9 Å². The van der Waals surface area contributed by atoms with Crippen LogP contribution in [0.3, 0.4) is 0 Å². The number of isocyanates is 3. The number of nitrogens with two attached hydrogens (primary N) is 2. The first-order valence-corrected chi connectivity index (χ1v) is 5.12.